The van der Waals surface area contributed by atoms with E-state index in [1.54, 1.807) is 29.2 Å². The largest absolute Gasteiger partial charge is 0.307 e. The summed E-state index contributed by atoms with van der Waals surface area (Å²) in [4.78, 5) is 15.2. The Morgan fingerprint density at radius 3 is 2.10 bits per heavy atom. The molecule has 0 fully saturated rings. The molecule has 0 saturated heterocycles. The topological polar surface area (TPSA) is 107 Å². The Bertz CT molecular complexity index is 1130. The Morgan fingerprint density at radius 1 is 0.867 bits per heavy atom. The number of hydrogen-bond donors (Lipinski definition) is 0. The molecule has 30 heavy (non-hydrogen) atoms. The number of hydrogen-bond acceptors (Lipinski definition) is 7. The van der Waals surface area contributed by atoms with Gasteiger partial charge < -0.3 is 4.90 Å². The molecule has 1 heterocycles. The highest BCUT2D eigenvalue weighted by atomic mass is 32.2. The van der Waals surface area contributed by atoms with Crippen molar-refractivity contribution in [1.29, 1.82) is 0 Å². The monoisotopic (exact) mass is 453 g/mol. The second-order valence-electron chi connectivity index (χ2n) is 7.22. The van der Waals surface area contributed by atoms with Crippen molar-refractivity contribution in [2.45, 2.75) is 18.4 Å². The Balaban J connectivity index is 2.02. The van der Waals surface area contributed by atoms with Crippen molar-refractivity contribution in [3.63, 3.8) is 0 Å². The number of carbonyl (C=O) groups excluding carboxylic acids is 1. The van der Waals surface area contributed by atoms with Gasteiger partial charge >= 0.3 is 0 Å². The third kappa shape index (κ3) is 5.07. The zero-order valence-electron chi connectivity index (χ0n) is 16.6. The van der Waals surface area contributed by atoms with Gasteiger partial charge in [0.1, 0.15) is 5.41 Å². The van der Waals surface area contributed by atoms with Gasteiger partial charge in [0.25, 0.3) is 20.2 Å². The van der Waals surface area contributed by atoms with Gasteiger partial charge in [-0.3, -0.25) is 13.2 Å². The molecule has 0 radical (unpaired) electrons. The molecular weight excluding hydrogens is 430 g/mol. The molecule has 1 unspecified atom stereocenters. The third-order valence-electron chi connectivity index (χ3n) is 4.89. The lowest BCUT2D eigenvalue weighted by atomic mass is 9.79. The van der Waals surface area contributed by atoms with Crippen molar-refractivity contribution in [3.05, 3.63) is 65.7 Å². The fourth-order valence-corrected chi connectivity index (χ4v) is 4.35. The Hall–Kier alpha value is -2.27. The van der Waals surface area contributed by atoms with Crippen molar-refractivity contribution in [1.82, 2.24) is 0 Å². The van der Waals surface area contributed by atoms with Crippen molar-refractivity contribution >= 4 is 31.8 Å². The minimum Gasteiger partial charge on any atom is -0.307 e. The van der Waals surface area contributed by atoms with Gasteiger partial charge in [-0.1, -0.05) is 48.5 Å². The molecular formula is C20H23NO7S2. The standard InChI is InChI=1S/C20H23NO7S2/c1-29(23,24)27-13-12-20(15-28-30(2,25)26)17-10-6-7-11-18(17)21(19(20)22)14-16-8-4-3-5-9-16/h3-11H,12-15H2,1-2H3. The van der Waals surface area contributed by atoms with Crippen LogP contribution in [0, 0.1) is 0 Å². The Labute approximate surface area is 176 Å². The number of para-hydroxylation sites is 1. The first-order valence-electron chi connectivity index (χ1n) is 9.16. The second-order valence-corrected chi connectivity index (χ2v) is 10.5. The van der Waals surface area contributed by atoms with Gasteiger partial charge in [-0.15, -0.1) is 0 Å². The van der Waals surface area contributed by atoms with E-state index in [9.17, 15) is 21.6 Å². The molecule has 0 spiro atoms. The summed E-state index contributed by atoms with van der Waals surface area (Å²) < 4.78 is 56.1. The van der Waals surface area contributed by atoms with Gasteiger partial charge in [-0.2, -0.15) is 16.8 Å². The van der Waals surface area contributed by atoms with E-state index in [2.05, 4.69) is 0 Å². The van der Waals surface area contributed by atoms with Gasteiger partial charge in [0.2, 0.25) is 5.91 Å². The van der Waals surface area contributed by atoms with Crippen molar-refractivity contribution < 1.29 is 30.0 Å². The lowest BCUT2D eigenvalue weighted by Crippen LogP contribution is -2.45. The van der Waals surface area contributed by atoms with Gasteiger partial charge in [0.15, 0.2) is 0 Å². The highest BCUT2D eigenvalue weighted by Crippen LogP contribution is 2.45. The van der Waals surface area contributed by atoms with Gasteiger partial charge in [-0.25, -0.2) is 0 Å². The van der Waals surface area contributed by atoms with Crippen LogP contribution in [0.15, 0.2) is 54.6 Å². The Morgan fingerprint density at radius 2 is 1.47 bits per heavy atom. The average Bonchev–Trinajstić information content (AvgIpc) is 2.89. The predicted octanol–water partition coefficient (Wildman–Crippen LogP) is 1.81. The highest BCUT2D eigenvalue weighted by molar-refractivity contribution is 7.86. The summed E-state index contributed by atoms with van der Waals surface area (Å²) in [5.74, 6) is -0.367. The number of carbonyl (C=O) groups is 1. The van der Waals surface area contributed by atoms with Crippen LogP contribution in [-0.2, 0) is 45.4 Å². The average molecular weight is 454 g/mol. The van der Waals surface area contributed by atoms with Crippen LogP contribution < -0.4 is 4.90 Å². The number of amides is 1. The van der Waals surface area contributed by atoms with Crippen molar-refractivity contribution in [2.24, 2.45) is 0 Å². The molecule has 1 atom stereocenters. The maximum absolute atomic E-state index is 13.6. The first-order valence-corrected chi connectivity index (χ1v) is 12.8. The summed E-state index contributed by atoms with van der Waals surface area (Å²) in [7, 11) is -7.56. The summed E-state index contributed by atoms with van der Waals surface area (Å²) in [6.07, 6.45) is 1.76. The highest BCUT2D eigenvalue weighted by Gasteiger charge is 2.51. The SMILES string of the molecule is CS(=O)(=O)OCCC1(COS(C)(=O)=O)C(=O)N(Cc2ccccc2)c2ccccc21. The van der Waals surface area contributed by atoms with Crippen molar-refractivity contribution in [3.8, 4) is 0 Å². The maximum atomic E-state index is 13.6. The fourth-order valence-electron chi connectivity index (χ4n) is 3.55. The van der Waals surface area contributed by atoms with Crippen LogP contribution in [0.5, 0.6) is 0 Å². The molecule has 2 aromatic carbocycles. The molecule has 3 rings (SSSR count). The van der Waals surface area contributed by atoms with Gasteiger partial charge in [0, 0.05) is 5.69 Å². The Kier molecular flexibility index (Phi) is 6.32. The summed E-state index contributed by atoms with van der Waals surface area (Å²) in [6.45, 7) is -0.449. The van der Waals surface area contributed by atoms with Crippen molar-refractivity contribution in [2.75, 3.05) is 30.6 Å². The third-order valence-corrected chi connectivity index (χ3v) is 6.03. The molecule has 0 saturated carbocycles. The summed E-state index contributed by atoms with van der Waals surface area (Å²) in [5, 5.41) is 0. The van der Waals surface area contributed by atoms with E-state index >= 15 is 0 Å². The van der Waals surface area contributed by atoms with E-state index in [-0.39, 0.29) is 25.5 Å². The molecule has 0 aliphatic carbocycles. The normalized spacial score (nSPS) is 19.1. The molecule has 2 aromatic rings. The molecule has 162 valence electrons. The molecule has 8 nitrogen and oxygen atoms in total. The molecule has 1 amide bonds. The van der Waals surface area contributed by atoms with Crippen LogP contribution in [0.1, 0.15) is 17.5 Å². The van der Waals surface area contributed by atoms with E-state index in [1.165, 1.54) is 0 Å². The van der Waals surface area contributed by atoms with Crippen LogP contribution in [0.25, 0.3) is 0 Å². The number of rotatable bonds is 9. The molecule has 10 heteroatoms. The van der Waals surface area contributed by atoms with Gasteiger partial charge in [0.05, 0.1) is 32.3 Å². The van der Waals surface area contributed by atoms with Crippen LogP contribution in [0.4, 0.5) is 5.69 Å². The van der Waals surface area contributed by atoms with E-state index in [0.29, 0.717) is 11.3 Å². The smallest absolute Gasteiger partial charge is 0.264 e. The predicted molar refractivity (Wildman–Crippen MR) is 112 cm³/mol. The molecule has 0 aromatic heterocycles. The van der Waals surface area contributed by atoms with E-state index in [4.69, 9.17) is 8.37 Å². The number of nitrogens with zero attached hydrogens (tertiary/aromatic N) is 1. The zero-order valence-corrected chi connectivity index (χ0v) is 18.3. The summed E-state index contributed by atoms with van der Waals surface area (Å²) >= 11 is 0. The zero-order chi connectivity index (χ0) is 22.0. The van der Waals surface area contributed by atoms with Crippen LogP contribution in [-0.4, -0.2) is 48.5 Å². The first-order chi connectivity index (χ1) is 14.0. The maximum Gasteiger partial charge on any atom is 0.264 e. The number of fused-ring (bicyclic) bond motifs is 1. The minimum absolute atomic E-state index is 0.0588. The van der Waals surface area contributed by atoms with E-state index in [0.717, 1.165) is 18.1 Å². The van der Waals surface area contributed by atoms with Crippen LogP contribution in [0.3, 0.4) is 0 Å². The van der Waals surface area contributed by atoms with E-state index < -0.39 is 32.3 Å². The van der Waals surface area contributed by atoms with E-state index in [1.807, 2.05) is 30.3 Å². The van der Waals surface area contributed by atoms with Crippen LogP contribution in [0.2, 0.25) is 0 Å². The number of anilines is 1. The molecule has 1 aliphatic rings. The quantitative estimate of drug-likeness (QED) is 0.533. The van der Waals surface area contributed by atoms with Gasteiger partial charge in [-0.05, 0) is 23.6 Å². The number of benzene rings is 2. The minimum atomic E-state index is -3.84. The lowest BCUT2D eigenvalue weighted by molar-refractivity contribution is -0.124. The fraction of sp³-hybridized carbons (Fsp3) is 0.350. The van der Waals surface area contributed by atoms with Crippen LogP contribution >= 0.6 is 0 Å². The molecule has 0 N–H and O–H groups in total. The molecule has 0 bridgehead atoms. The lowest BCUT2D eigenvalue weighted by Gasteiger charge is -2.28. The summed E-state index contributed by atoms with van der Waals surface area (Å²) in [6, 6.07) is 16.4. The first kappa shape index (κ1) is 22.4. The summed E-state index contributed by atoms with van der Waals surface area (Å²) in [5.41, 5.74) is 0.710. The second kappa shape index (κ2) is 8.46. The molecule has 1 aliphatic heterocycles.